The molecule has 0 saturated heterocycles. The molecule has 0 fully saturated rings. The zero-order chi connectivity index (χ0) is 13.2. The Morgan fingerprint density at radius 2 is 1.75 bits per heavy atom. The van der Waals surface area contributed by atoms with Gasteiger partial charge in [0, 0.05) is 5.57 Å². The van der Waals surface area contributed by atoms with Gasteiger partial charge in [-0.15, -0.1) is 0 Å². The monoisotopic (exact) mass is 245 g/mol. The van der Waals surface area contributed by atoms with Crippen molar-refractivity contribution in [3.8, 4) is 0 Å². The summed E-state index contributed by atoms with van der Waals surface area (Å²) in [5.74, 6) is -0.469. The van der Waals surface area contributed by atoms with Crippen molar-refractivity contribution in [2.24, 2.45) is 5.73 Å². The number of nitrogens with two attached hydrogens (primary N) is 1. The highest BCUT2D eigenvalue weighted by Crippen LogP contribution is 1.95. The van der Waals surface area contributed by atoms with Crippen molar-refractivity contribution in [3.63, 3.8) is 0 Å². The van der Waals surface area contributed by atoms with E-state index in [0.717, 1.165) is 0 Å². The average Bonchev–Trinajstić information content (AvgIpc) is 2.09. The van der Waals surface area contributed by atoms with Crippen LogP contribution < -0.4 is 5.73 Å². The van der Waals surface area contributed by atoms with Crippen LogP contribution in [0.2, 0.25) is 0 Å². The van der Waals surface area contributed by atoms with Gasteiger partial charge in [-0.2, -0.15) is 8.42 Å². The third-order valence-electron chi connectivity index (χ3n) is 0.994. The van der Waals surface area contributed by atoms with Crippen molar-refractivity contribution < 1.29 is 17.8 Å². The topological polar surface area (TPSA) is 97.5 Å². The van der Waals surface area contributed by atoms with Crippen molar-refractivity contribution in [2.45, 2.75) is 0 Å². The van der Waals surface area contributed by atoms with E-state index in [2.05, 4.69) is 13.2 Å². The van der Waals surface area contributed by atoms with Gasteiger partial charge in [-0.25, -0.2) is 0 Å². The van der Waals surface area contributed by atoms with Gasteiger partial charge in [0.2, 0.25) is 5.91 Å². The third kappa shape index (κ3) is 18.2. The van der Waals surface area contributed by atoms with E-state index in [4.69, 9.17) is 10.3 Å². The lowest BCUT2D eigenvalue weighted by Crippen LogP contribution is -2.12. The Balaban J connectivity index is 0. The Morgan fingerprint density at radius 3 is 2.00 bits per heavy atom. The van der Waals surface area contributed by atoms with E-state index in [9.17, 15) is 13.2 Å². The van der Waals surface area contributed by atoms with Crippen LogP contribution in [0.1, 0.15) is 0 Å². The summed E-state index contributed by atoms with van der Waals surface area (Å²) in [6.07, 6.45) is 8.56. The maximum atomic E-state index is 10.6. The van der Waals surface area contributed by atoms with Gasteiger partial charge in [0.15, 0.2) is 0 Å². The number of carbonyl (C=O) groups excluding carboxylic acids is 1. The normalized spacial score (nSPS) is 11.5. The van der Waals surface area contributed by atoms with Crippen LogP contribution >= 0.6 is 0 Å². The molecular formula is C10H15NO4S. The molecule has 0 bridgehead atoms. The molecule has 90 valence electrons. The lowest BCUT2D eigenvalue weighted by Gasteiger charge is -1.90. The molecular weight excluding hydrogens is 230 g/mol. The maximum absolute atomic E-state index is 10.6. The fraction of sp³-hybridized carbons (Fsp3) is 0.100. The van der Waals surface area contributed by atoms with Crippen molar-refractivity contribution in [1.29, 1.82) is 0 Å². The van der Waals surface area contributed by atoms with Gasteiger partial charge >= 0.3 is 0 Å². The van der Waals surface area contributed by atoms with Gasteiger partial charge in [-0.1, -0.05) is 37.5 Å². The van der Waals surface area contributed by atoms with E-state index < -0.39 is 16.0 Å². The molecule has 16 heavy (non-hydrogen) atoms. The summed E-state index contributed by atoms with van der Waals surface area (Å²) >= 11 is 0. The standard InChI is InChI=1S/C9H11NO.CH4O3S/c1-3-5-7-8(6-4-2)9(10)11;1-5(2,3)4/h3-7H,1-2H2,(H2,10,11);1H3,(H,2,3,4). The van der Waals surface area contributed by atoms with Crippen LogP contribution in [-0.4, -0.2) is 25.1 Å². The first-order chi connectivity index (χ1) is 7.22. The zero-order valence-corrected chi connectivity index (χ0v) is 9.78. The predicted molar refractivity (Wildman–Crippen MR) is 64.3 cm³/mol. The molecule has 0 aliphatic carbocycles. The van der Waals surface area contributed by atoms with Gasteiger partial charge in [0.05, 0.1) is 6.26 Å². The number of primary amides is 1. The van der Waals surface area contributed by atoms with Gasteiger partial charge in [-0.05, 0) is 6.08 Å². The van der Waals surface area contributed by atoms with Gasteiger partial charge < -0.3 is 5.73 Å². The first-order valence-corrected chi connectivity index (χ1v) is 5.91. The SMILES string of the molecule is C=CC=CC(=CC=C)C(N)=O.CS(=O)(=O)O. The van der Waals surface area contributed by atoms with Crippen molar-refractivity contribution in [1.82, 2.24) is 0 Å². The molecule has 0 atom stereocenters. The fourth-order valence-corrected chi connectivity index (χ4v) is 0.518. The van der Waals surface area contributed by atoms with Crippen molar-refractivity contribution in [3.05, 3.63) is 49.1 Å². The predicted octanol–water partition coefficient (Wildman–Crippen LogP) is 0.830. The number of rotatable bonds is 4. The molecule has 0 aliphatic heterocycles. The molecule has 0 rings (SSSR count). The number of hydrogen-bond donors (Lipinski definition) is 2. The molecule has 0 aromatic heterocycles. The summed E-state index contributed by atoms with van der Waals surface area (Å²) < 4.78 is 25.9. The quantitative estimate of drug-likeness (QED) is 0.435. The summed E-state index contributed by atoms with van der Waals surface area (Å²) in [7, 11) is -3.67. The van der Waals surface area contributed by atoms with Crippen LogP contribution in [0, 0.1) is 0 Å². The van der Waals surface area contributed by atoms with Gasteiger partial charge in [0.1, 0.15) is 0 Å². The molecule has 0 spiro atoms. The highest BCUT2D eigenvalue weighted by molar-refractivity contribution is 7.85. The van der Waals surface area contributed by atoms with E-state index >= 15 is 0 Å². The van der Waals surface area contributed by atoms with E-state index in [0.29, 0.717) is 11.8 Å². The molecule has 0 saturated carbocycles. The summed E-state index contributed by atoms with van der Waals surface area (Å²) in [5, 5.41) is 0. The third-order valence-corrected chi connectivity index (χ3v) is 0.994. The van der Waals surface area contributed by atoms with E-state index in [1.807, 2.05) is 0 Å². The van der Waals surface area contributed by atoms with Crippen LogP contribution in [-0.2, 0) is 14.9 Å². The molecule has 0 aromatic rings. The summed E-state index contributed by atoms with van der Waals surface area (Å²) in [6.45, 7) is 6.91. The molecule has 6 heteroatoms. The van der Waals surface area contributed by atoms with Crippen molar-refractivity contribution in [2.75, 3.05) is 6.26 Å². The molecule has 0 radical (unpaired) electrons. The highest BCUT2D eigenvalue weighted by atomic mass is 32.2. The number of hydrogen-bond acceptors (Lipinski definition) is 3. The minimum Gasteiger partial charge on any atom is -0.366 e. The molecule has 5 nitrogen and oxygen atoms in total. The Kier molecular flexibility index (Phi) is 9.04. The first-order valence-electron chi connectivity index (χ1n) is 4.06. The molecule has 1 amide bonds. The Hall–Kier alpha value is -1.66. The first kappa shape index (κ1) is 16.8. The van der Waals surface area contributed by atoms with Crippen LogP contribution in [0.25, 0.3) is 0 Å². The van der Waals surface area contributed by atoms with Gasteiger partial charge in [-0.3, -0.25) is 9.35 Å². The van der Waals surface area contributed by atoms with Gasteiger partial charge in [0.25, 0.3) is 10.1 Å². The van der Waals surface area contributed by atoms with Crippen LogP contribution in [0.4, 0.5) is 0 Å². The fourth-order valence-electron chi connectivity index (χ4n) is 0.518. The average molecular weight is 245 g/mol. The highest BCUT2D eigenvalue weighted by Gasteiger charge is 1.95. The Morgan fingerprint density at radius 1 is 1.31 bits per heavy atom. The minimum atomic E-state index is -3.67. The van der Waals surface area contributed by atoms with Crippen LogP contribution in [0.5, 0.6) is 0 Å². The lowest BCUT2D eigenvalue weighted by atomic mass is 10.2. The lowest BCUT2D eigenvalue weighted by molar-refractivity contribution is -0.114. The van der Waals surface area contributed by atoms with Crippen molar-refractivity contribution >= 4 is 16.0 Å². The summed E-state index contributed by atoms with van der Waals surface area (Å²) in [4.78, 5) is 10.6. The summed E-state index contributed by atoms with van der Waals surface area (Å²) in [5.41, 5.74) is 5.44. The summed E-state index contributed by atoms with van der Waals surface area (Å²) in [6, 6.07) is 0. The Labute approximate surface area is 95.4 Å². The maximum Gasteiger partial charge on any atom is 0.261 e. The molecule has 0 unspecified atom stereocenters. The van der Waals surface area contributed by atoms with E-state index in [1.165, 1.54) is 6.08 Å². The zero-order valence-electron chi connectivity index (χ0n) is 8.96. The number of allylic oxidation sites excluding steroid dienone is 4. The second kappa shape index (κ2) is 8.63. The smallest absolute Gasteiger partial charge is 0.261 e. The van der Waals surface area contributed by atoms with Crippen LogP contribution in [0.15, 0.2) is 49.1 Å². The van der Waals surface area contributed by atoms with E-state index in [-0.39, 0.29) is 0 Å². The van der Waals surface area contributed by atoms with E-state index in [1.54, 1.807) is 24.3 Å². The molecule has 3 N–H and O–H groups in total. The largest absolute Gasteiger partial charge is 0.366 e. The minimum absolute atomic E-state index is 0.417. The van der Waals surface area contributed by atoms with Crippen LogP contribution in [0.3, 0.4) is 0 Å². The number of amides is 1. The molecule has 0 aromatic carbocycles. The second-order valence-corrected chi connectivity index (χ2v) is 4.02. The Bertz CT molecular complexity index is 397. The number of carbonyl (C=O) groups is 1. The molecule has 0 aliphatic rings. The molecule has 0 heterocycles. The second-order valence-electron chi connectivity index (χ2n) is 2.55.